The van der Waals surface area contributed by atoms with Crippen molar-refractivity contribution in [3.05, 3.63) is 0 Å². The van der Waals surface area contributed by atoms with Gasteiger partial charge in [0.15, 0.2) is 0 Å². The van der Waals surface area contributed by atoms with Crippen molar-refractivity contribution in [1.29, 1.82) is 0 Å². The zero-order valence-corrected chi connectivity index (χ0v) is 16.9. The minimum atomic E-state index is -0.101. The summed E-state index contributed by atoms with van der Waals surface area (Å²) in [6, 6.07) is 0. The second-order valence-corrected chi connectivity index (χ2v) is 8.84. The van der Waals surface area contributed by atoms with E-state index >= 15 is 0 Å². The number of hydrogen-bond donors (Lipinski definition) is 1. The predicted octanol–water partition coefficient (Wildman–Crippen LogP) is 6.64. The SMILES string of the molecule is CCCCCCOC1CCC(O)CC2CCCCCC1CCCCC2. The molecule has 2 bridgehead atoms. The summed E-state index contributed by atoms with van der Waals surface area (Å²) in [5.41, 5.74) is 0. The molecule has 0 aliphatic heterocycles. The van der Waals surface area contributed by atoms with Crippen LogP contribution in [0.1, 0.15) is 116 Å². The Bertz CT molecular complexity index is 303. The first-order chi connectivity index (χ1) is 12.3. The number of ether oxygens (including phenoxy) is 1. The van der Waals surface area contributed by atoms with Gasteiger partial charge in [0.2, 0.25) is 0 Å². The van der Waals surface area contributed by atoms with Crippen LogP contribution in [0.5, 0.6) is 0 Å². The molecule has 0 aromatic rings. The van der Waals surface area contributed by atoms with E-state index < -0.39 is 0 Å². The smallest absolute Gasteiger partial charge is 0.0604 e. The summed E-state index contributed by atoms with van der Waals surface area (Å²) in [7, 11) is 0. The number of unbranched alkanes of at least 4 members (excludes halogenated alkanes) is 3. The number of aliphatic hydroxyl groups excluding tert-OH is 1. The van der Waals surface area contributed by atoms with E-state index in [4.69, 9.17) is 4.74 Å². The van der Waals surface area contributed by atoms with Crippen molar-refractivity contribution in [3.63, 3.8) is 0 Å². The zero-order valence-electron chi connectivity index (χ0n) is 16.9. The van der Waals surface area contributed by atoms with Crippen molar-refractivity contribution in [2.45, 2.75) is 128 Å². The van der Waals surface area contributed by atoms with Crippen molar-refractivity contribution in [3.8, 4) is 0 Å². The molecule has 3 fully saturated rings. The highest BCUT2D eigenvalue weighted by molar-refractivity contribution is 4.77. The van der Waals surface area contributed by atoms with E-state index in [0.717, 1.165) is 37.7 Å². The Morgan fingerprint density at radius 2 is 1.44 bits per heavy atom. The van der Waals surface area contributed by atoms with Gasteiger partial charge in [-0.1, -0.05) is 77.6 Å². The van der Waals surface area contributed by atoms with E-state index in [1.165, 1.54) is 89.9 Å². The molecule has 148 valence electrons. The number of fused-ring (bicyclic) bond motifs is 12. The minimum Gasteiger partial charge on any atom is -0.393 e. The third-order valence-corrected chi connectivity index (χ3v) is 6.62. The summed E-state index contributed by atoms with van der Waals surface area (Å²) in [6.45, 7) is 3.20. The van der Waals surface area contributed by atoms with Gasteiger partial charge in [-0.15, -0.1) is 0 Å². The second-order valence-electron chi connectivity index (χ2n) is 8.84. The number of aliphatic hydroxyl groups is 1. The molecule has 3 saturated carbocycles. The summed E-state index contributed by atoms with van der Waals surface area (Å²) in [4.78, 5) is 0. The minimum absolute atomic E-state index is 0.101. The van der Waals surface area contributed by atoms with Crippen molar-refractivity contribution >= 4 is 0 Å². The molecule has 2 atom stereocenters. The number of hydrogen-bond acceptors (Lipinski definition) is 2. The lowest BCUT2D eigenvalue weighted by Gasteiger charge is -2.31. The summed E-state index contributed by atoms with van der Waals surface area (Å²) < 4.78 is 6.43. The highest BCUT2D eigenvalue weighted by Gasteiger charge is 2.25. The van der Waals surface area contributed by atoms with Crippen LogP contribution < -0.4 is 0 Å². The third-order valence-electron chi connectivity index (χ3n) is 6.62. The lowest BCUT2D eigenvalue weighted by Crippen LogP contribution is -2.28. The molecule has 25 heavy (non-hydrogen) atoms. The van der Waals surface area contributed by atoms with E-state index in [9.17, 15) is 5.11 Å². The molecule has 0 aromatic carbocycles. The van der Waals surface area contributed by atoms with Crippen molar-refractivity contribution in [1.82, 2.24) is 0 Å². The van der Waals surface area contributed by atoms with Crippen molar-refractivity contribution < 1.29 is 9.84 Å². The van der Waals surface area contributed by atoms with Gasteiger partial charge in [0.25, 0.3) is 0 Å². The maximum atomic E-state index is 10.6. The molecule has 0 radical (unpaired) electrons. The van der Waals surface area contributed by atoms with Crippen LogP contribution in [0.2, 0.25) is 0 Å². The Hall–Kier alpha value is -0.0800. The monoisotopic (exact) mass is 352 g/mol. The average molecular weight is 353 g/mol. The fourth-order valence-corrected chi connectivity index (χ4v) is 5.01. The molecule has 2 heteroatoms. The van der Waals surface area contributed by atoms with Gasteiger partial charge in [-0.2, -0.15) is 0 Å². The molecule has 3 aliphatic carbocycles. The van der Waals surface area contributed by atoms with Crippen LogP contribution in [-0.4, -0.2) is 23.9 Å². The molecule has 0 spiro atoms. The first-order valence-electron chi connectivity index (χ1n) is 11.6. The quantitative estimate of drug-likeness (QED) is 0.543. The van der Waals surface area contributed by atoms with Crippen LogP contribution in [-0.2, 0) is 4.74 Å². The fourth-order valence-electron chi connectivity index (χ4n) is 5.01. The van der Waals surface area contributed by atoms with Gasteiger partial charge in [0.05, 0.1) is 12.2 Å². The Kier molecular flexibility index (Phi) is 11.2. The van der Waals surface area contributed by atoms with E-state index in [2.05, 4.69) is 6.92 Å². The van der Waals surface area contributed by atoms with E-state index in [0.29, 0.717) is 6.10 Å². The molecule has 2 nitrogen and oxygen atoms in total. The van der Waals surface area contributed by atoms with E-state index in [-0.39, 0.29) is 6.10 Å². The fraction of sp³-hybridized carbons (Fsp3) is 1.00. The van der Waals surface area contributed by atoms with Gasteiger partial charge in [-0.05, 0) is 50.4 Å². The maximum Gasteiger partial charge on any atom is 0.0604 e. The maximum absolute atomic E-state index is 10.6. The molecule has 2 unspecified atom stereocenters. The van der Waals surface area contributed by atoms with Gasteiger partial charge in [0, 0.05) is 6.61 Å². The van der Waals surface area contributed by atoms with Crippen molar-refractivity contribution in [2.75, 3.05) is 6.61 Å². The number of rotatable bonds is 6. The molecule has 3 aliphatic rings. The van der Waals surface area contributed by atoms with Gasteiger partial charge in [0.1, 0.15) is 0 Å². The topological polar surface area (TPSA) is 29.5 Å². The zero-order chi connectivity index (χ0) is 17.7. The standard InChI is InChI=1S/C23H44O2/c1-2-3-4-11-18-25-23-17-16-22(24)19-20-12-7-5-9-14-21(23)15-10-6-8-13-20/h20-24H,2-19H2,1H3. The second kappa shape index (κ2) is 13.1. The van der Waals surface area contributed by atoms with Gasteiger partial charge in [-0.3, -0.25) is 0 Å². The predicted molar refractivity (Wildman–Crippen MR) is 107 cm³/mol. The van der Waals surface area contributed by atoms with Gasteiger partial charge < -0.3 is 9.84 Å². The van der Waals surface area contributed by atoms with Gasteiger partial charge in [-0.25, -0.2) is 0 Å². The lowest BCUT2D eigenvalue weighted by atomic mass is 9.82. The summed E-state index contributed by atoms with van der Waals surface area (Å²) in [5, 5.41) is 10.6. The normalized spacial score (nSPS) is 32.9. The molecule has 0 amide bonds. The van der Waals surface area contributed by atoms with Crippen LogP contribution >= 0.6 is 0 Å². The van der Waals surface area contributed by atoms with Crippen LogP contribution in [0.25, 0.3) is 0 Å². The molecule has 0 saturated heterocycles. The highest BCUT2D eigenvalue weighted by atomic mass is 16.5. The van der Waals surface area contributed by atoms with Crippen LogP contribution in [0, 0.1) is 11.8 Å². The average Bonchev–Trinajstić information content (AvgIpc) is 2.58. The largest absolute Gasteiger partial charge is 0.393 e. The lowest BCUT2D eigenvalue weighted by molar-refractivity contribution is -0.0139. The first kappa shape index (κ1) is 21.2. The molecule has 0 heterocycles. The summed E-state index contributed by atoms with van der Waals surface area (Å²) in [6.07, 6.45) is 22.1. The molecule has 3 rings (SSSR count). The van der Waals surface area contributed by atoms with Crippen LogP contribution in [0.4, 0.5) is 0 Å². The van der Waals surface area contributed by atoms with Crippen LogP contribution in [0.15, 0.2) is 0 Å². The Balaban J connectivity index is 1.94. The molecule has 1 N–H and O–H groups in total. The summed E-state index contributed by atoms with van der Waals surface area (Å²) in [5.74, 6) is 1.49. The Morgan fingerprint density at radius 1 is 0.760 bits per heavy atom. The Labute approximate surface area is 157 Å². The summed E-state index contributed by atoms with van der Waals surface area (Å²) >= 11 is 0. The van der Waals surface area contributed by atoms with Gasteiger partial charge >= 0.3 is 0 Å². The Morgan fingerprint density at radius 3 is 2.12 bits per heavy atom. The molecular weight excluding hydrogens is 308 g/mol. The van der Waals surface area contributed by atoms with Crippen LogP contribution in [0.3, 0.4) is 0 Å². The third kappa shape index (κ3) is 8.91. The van der Waals surface area contributed by atoms with E-state index in [1.807, 2.05) is 0 Å². The highest BCUT2D eigenvalue weighted by Crippen LogP contribution is 2.32. The van der Waals surface area contributed by atoms with Crippen molar-refractivity contribution in [2.24, 2.45) is 11.8 Å². The van der Waals surface area contributed by atoms with E-state index in [1.54, 1.807) is 0 Å². The first-order valence-corrected chi connectivity index (χ1v) is 11.6. The molecule has 0 aromatic heterocycles. The molecular formula is C23H44O2.